The van der Waals surface area contributed by atoms with E-state index in [0.29, 0.717) is 19.4 Å². The van der Waals surface area contributed by atoms with Gasteiger partial charge in [0.05, 0.1) is 0 Å². The van der Waals surface area contributed by atoms with Crippen molar-refractivity contribution in [3.63, 3.8) is 0 Å². The van der Waals surface area contributed by atoms with Crippen LogP contribution in [0.1, 0.15) is 30.9 Å². The van der Waals surface area contributed by atoms with Crippen LogP contribution in [0, 0.1) is 6.92 Å². The predicted molar refractivity (Wildman–Crippen MR) is 77.5 cm³/mol. The van der Waals surface area contributed by atoms with E-state index in [9.17, 15) is 9.59 Å². The van der Waals surface area contributed by atoms with Gasteiger partial charge in [-0.2, -0.15) is 0 Å². The lowest BCUT2D eigenvalue weighted by Gasteiger charge is -2.21. The van der Waals surface area contributed by atoms with Crippen molar-refractivity contribution < 1.29 is 14.7 Å². The van der Waals surface area contributed by atoms with Crippen molar-refractivity contribution >= 4 is 12.0 Å². The molecule has 0 aliphatic rings. The summed E-state index contributed by atoms with van der Waals surface area (Å²) in [4.78, 5) is 24.5. The third kappa shape index (κ3) is 4.91. The number of carbonyl (C=O) groups excluding carboxylic acids is 1. The van der Waals surface area contributed by atoms with Gasteiger partial charge in [-0.05, 0) is 18.9 Å². The maximum Gasteiger partial charge on any atom is 0.326 e. The summed E-state index contributed by atoms with van der Waals surface area (Å²) in [5.74, 6) is -0.996. The highest BCUT2D eigenvalue weighted by atomic mass is 16.4. The molecule has 0 heterocycles. The Labute approximate surface area is 119 Å². The van der Waals surface area contributed by atoms with Gasteiger partial charge in [0.1, 0.15) is 6.04 Å². The molecule has 1 unspecified atom stereocenters. The minimum atomic E-state index is -0.996. The van der Waals surface area contributed by atoms with Gasteiger partial charge < -0.3 is 15.3 Å². The highest BCUT2D eigenvalue weighted by Crippen LogP contribution is 2.07. The minimum absolute atomic E-state index is 0.368. The number of carboxylic acid groups (broad SMARTS) is 1. The number of hydrogen-bond acceptors (Lipinski definition) is 2. The van der Waals surface area contributed by atoms with Crippen LogP contribution in [0.2, 0.25) is 0 Å². The SMILES string of the molecule is CCCC(NC(=O)N(C)Cc1cccc(C)c1)C(=O)O. The number of aliphatic carboxylic acids is 1. The second kappa shape index (κ2) is 7.53. The number of hydrogen-bond donors (Lipinski definition) is 2. The van der Waals surface area contributed by atoms with Crippen LogP contribution >= 0.6 is 0 Å². The minimum Gasteiger partial charge on any atom is -0.480 e. The van der Waals surface area contributed by atoms with E-state index in [1.165, 1.54) is 4.90 Å². The van der Waals surface area contributed by atoms with E-state index >= 15 is 0 Å². The molecule has 0 saturated heterocycles. The molecule has 5 nitrogen and oxygen atoms in total. The van der Waals surface area contributed by atoms with Crippen LogP contribution in [0.4, 0.5) is 4.79 Å². The van der Waals surface area contributed by atoms with Gasteiger partial charge in [0.15, 0.2) is 0 Å². The van der Waals surface area contributed by atoms with Gasteiger partial charge in [-0.1, -0.05) is 43.2 Å². The Morgan fingerprint density at radius 3 is 2.65 bits per heavy atom. The summed E-state index contributed by atoms with van der Waals surface area (Å²) in [6.45, 7) is 4.33. The fraction of sp³-hybridized carbons (Fsp3) is 0.467. The van der Waals surface area contributed by atoms with E-state index < -0.39 is 12.0 Å². The molecule has 110 valence electrons. The molecule has 1 atom stereocenters. The molecule has 2 amide bonds. The van der Waals surface area contributed by atoms with Crippen LogP contribution < -0.4 is 5.32 Å². The van der Waals surface area contributed by atoms with E-state index in [-0.39, 0.29) is 6.03 Å². The molecule has 1 rings (SSSR count). The van der Waals surface area contributed by atoms with Crippen LogP contribution in [0.3, 0.4) is 0 Å². The maximum atomic E-state index is 12.0. The first-order chi connectivity index (χ1) is 9.43. The molecule has 1 aromatic rings. The first kappa shape index (κ1) is 16.0. The zero-order valence-corrected chi connectivity index (χ0v) is 12.2. The smallest absolute Gasteiger partial charge is 0.326 e. The molecule has 0 radical (unpaired) electrons. The zero-order chi connectivity index (χ0) is 15.1. The van der Waals surface area contributed by atoms with Crippen LogP contribution in [-0.4, -0.2) is 35.1 Å². The molecule has 0 aliphatic carbocycles. The summed E-state index contributed by atoms with van der Waals surface area (Å²) in [6.07, 6.45) is 1.14. The van der Waals surface area contributed by atoms with Crippen LogP contribution in [-0.2, 0) is 11.3 Å². The summed E-state index contributed by atoms with van der Waals surface area (Å²) >= 11 is 0. The number of nitrogens with zero attached hydrogens (tertiary/aromatic N) is 1. The van der Waals surface area contributed by atoms with E-state index in [0.717, 1.165) is 11.1 Å². The molecular formula is C15H22N2O3. The average Bonchev–Trinajstić information content (AvgIpc) is 2.37. The molecule has 0 bridgehead atoms. The van der Waals surface area contributed by atoms with Crippen LogP contribution in [0.15, 0.2) is 24.3 Å². The van der Waals surface area contributed by atoms with Gasteiger partial charge >= 0.3 is 12.0 Å². The van der Waals surface area contributed by atoms with E-state index in [1.54, 1.807) is 7.05 Å². The lowest BCUT2D eigenvalue weighted by atomic mass is 10.1. The molecule has 0 aromatic heterocycles. The van der Waals surface area contributed by atoms with Gasteiger partial charge in [0.2, 0.25) is 0 Å². The van der Waals surface area contributed by atoms with Gasteiger partial charge in [0, 0.05) is 13.6 Å². The fourth-order valence-electron chi connectivity index (χ4n) is 1.96. The Morgan fingerprint density at radius 2 is 2.10 bits per heavy atom. The summed E-state index contributed by atoms with van der Waals surface area (Å²) in [6, 6.07) is 6.68. The maximum absolute atomic E-state index is 12.0. The molecule has 20 heavy (non-hydrogen) atoms. The molecule has 0 fully saturated rings. The molecule has 0 spiro atoms. The van der Waals surface area contributed by atoms with Gasteiger partial charge in [-0.3, -0.25) is 0 Å². The lowest BCUT2D eigenvalue weighted by Crippen LogP contribution is -2.46. The van der Waals surface area contributed by atoms with Crippen molar-refractivity contribution in [1.82, 2.24) is 10.2 Å². The quantitative estimate of drug-likeness (QED) is 0.839. The molecular weight excluding hydrogens is 256 g/mol. The largest absolute Gasteiger partial charge is 0.480 e. The highest BCUT2D eigenvalue weighted by Gasteiger charge is 2.20. The molecule has 5 heteroatoms. The number of amides is 2. The third-order valence-corrected chi connectivity index (χ3v) is 3.02. The third-order valence-electron chi connectivity index (χ3n) is 3.02. The van der Waals surface area contributed by atoms with Crippen LogP contribution in [0.25, 0.3) is 0 Å². The number of benzene rings is 1. The number of rotatable bonds is 6. The van der Waals surface area contributed by atoms with E-state index in [1.807, 2.05) is 38.1 Å². The summed E-state index contributed by atoms with van der Waals surface area (Å²) in [5.41, 5.74) is 2.15. The molecule has 0 aliphatic heterocycles. The van der Waals surface area contributed by atoms with Crippen LogP contribution in [0.5, 0.6) is 0 Å². The van der Waals surface area contributed by atoms with Crippen molar-refractivity contribution in [2.45, 2.75) is 39.3 Å². The average molecular weight is 278 g/mol. The number of nitrogens with one attached hydrogen (secondary N) is 1. The van der Waals surface area contributed by atoms with Crippen molar-refractivity contribution in [3.05, 3.63) is 35.4 Å². The standard InChI is InChI=1S/C15H22N2O3/c1-4-6-13(14(18)19)16-15(20)17(3)10-12-8-5-7-11(2)9-12/h5,7-9,13H,4,6,10H2,1-3H3,(H,16,20)(H,18,19). The Morgan fingerprint density at radius 1 is 1.40 bits per heavy atom. The van der Waals surface area contributed by atoms with Gasteiger partial charge in [-0.15, -0.1) is 0 Å². The number of carbonyl (C=O) groups is 2. The summed E-state index contributed by atoms with van der Waals surface area (Å²) in [7, 11) is 1.66. The van der Waals surface area contributed by atoms with Crippen molar-refractivity contribution in [1.29, 1.82) is 0 Å². The normalized spacial score (nSPS) is 11.8. The topological polar surface area (TPSA) is 69.6 Å². The van der Waals surface area contributed by atoms with Gasteiger partial charge in [0.25, 0.3) is 0 Å². The summed E-state index contributed by atoms with van der Waals surface area (Å²) < 4.78 is 0. The van der Waals surface area contributed by atoms with E-state index in [4.69, 9.17) is 5.11 Å². The van der Waals surface area contributed by atoms with Gasteiger partial charge in [-0.25, -0.2) is 9.59 Å². The van der Waals surface area contributed by atoms with E-state index in [2.05, 4.69) is 5.32 Å². The van der Waals surface area contributed by atoms with Crippen molar-refractivity contribution in [2.75, 3.05) is 7.05 Å². The molecule has 0 saturated carbocycles. The fourth-order valence-corrected chi connectivity index (χ4v) is 1.96. The predicted octanol–water partition coefficient (Wildman–Crippen LogP) is 2.39. The lowest BCUT2D eigenvalue weighted by molar-refractivity contribution is -0.139. The Kier molecular flexibility index (Phi) is 6.03. The zero-order valence-electron chi connectivity index (χ0n) is 12.2. The number of urea groups is 1. The number of carboxylic acids is 1. The molecule has 2 N–H and O–H groups in total. The highest BCUT2D eigenvalue weighted by molar-refractivity contribution is 5.82. The second-order valence-electron chi connectivity index (χ2n) is 4.97. The summed E-state index contributed by atoms with van der Waals surface area (Å²) in [5, 5.41) is 11.6. The monoisotopic (exact) mass is 278 g/mol. The molecule has 1 aromatic carbocycles. The Bertz CT molecular complexity index is 474. The Hall–Kier alpha value is -2.04. The first-order valence-electron chi connectivity index (χ1n) is 6.74. The first-order valence-corrected chi connectivity index (χ1v) is 6.74. The van der Waals surface area contributed by atoms with Crippen molar-refractivity contribution in [3.8, 4) is 0 Å². The Balaban J connectivity index is 2.60. The van der Waals surface area contributed by atoms with Crippen molar-refractivity contribution in [2.24, 2.45) is 0 Å². The second-order valence-corrected chi connectivity index (χ2v) is 4.97. The number of aryl methyl sites for hydroxylation is 1.